The maximum Gasteiger partial charge on any atom is 0.252 e. The summed E-state index contributed by atoms with van der Waals surface area (Å²) in [5.41, 5.74) is 10.2. The normalized spacial score (nSPS) is 10.5. The number of Topliss-reactive ketones (excluding diaryl/α,β-unsaturated/α-hetero) is 1. The first kappa shape index (κ1) is 18.0. The monoisotopic (exact) mass is 345 g/mol. The zero-order valence-corrected chi connectivity index (χ0v) is 15.0. The molecule has 2 N–H and O–H groups in total. The van der Waals surface area contributed by atoms with Gasteiger partial charge >= 0.3 is 0 Å². The van der Waals surface area contributed by atoms with Crippen molar-refractivity contribution in [1.82, 2.24) is 0 Å². The molecule has 0 aromatic heterocycles. The molecule has 24 heavy (non-hydrogen) atoms. The number of primary amides is 1. The Morgan fingerprint density at radius 3 is 2.17 bits per heavy atom. The van der Waals surface area contributed by atoms with Crippen LogP contribution in [0.4, 0.5) is 0 Å². The Balaban J connectivity index is 2.29. The average Bonchev–Trinajstić information content (AvgIpc) is 2.52. The Kier molecular flexibility index (Phi) is 5.30. The van der Waals surface area contributed by atoms with Crippen LogP contribution in [-0.4, -0.2) is 18.3 Å². The third kappa shape index (κ3) is 3.60. The van der Waals surface area contributed by atoms with E-state index in [1.165, 1.54) is 12.1 Å². The van der Waals surface area contributed by atoms with Crippen molar-refractivity contribution in [3.8, 4) is 5.75 Å². The smallest absolute Gasteiger partial charge is 0.252 e. The Morgan fingerprint density at radius 2 is 1.62 bits per heavy atom. The Bertz CT molecular complexity index is 802. The molecule has 2 aromatic carbocycles. The van der Waals surface area contributed by atoms with E-state index < -0.39 is 5.91 Å². The molecule has 0 aliphatic heterocycles. The fraction of sp³-hybridized carbons (Fsp3) is 0.263. The van der Waals surface area contributed by atoms with Gasteiger partial charge in [-0.15, -0.1) is 0 Å². The van der Waals surface area contributed by atoms with Gasteiger partial charge in [0.15, 0.2) is 6.61 Å². The van der Waals surface area contributed by atoms with E-state index in [2.05, 4.69) is 6.07 Å². The van der Waals surface area contributed by atoms with Gasteiger partial charge in [0.1, 0.15) is 5.75 Å². The second-order valence-corrected chi connectivity index (χ2v) is 6.29. The van der Waals surface area contributed by atoms with Crippen LogP contribution in [0.15, 0.2) is 24.3 Å². The number of amides is 1. The van der Waals surface area contributed by atoms with Gasteiger partial charge < -0.3 is 10.5 Å². The van der Waals surface area contributed by atoms with Crippen LogP contribution in [0.2, 0.25) is 5.02 Å². The van der Waals surface area contributed by atoms with Crippen molar-refractivity contribution in [1.29, 1.82) is 0 Å². The number of ketones is 1. The van der Waals surface area contributed by atoms with Crippen LogP contribution < -0.4 is 10.5 Å². The molecule has 126 valence electrons. The molecule has 2 rings (SSSR count). The quantitative estimate of drug-likeness (QED) is 0.834. The molecule has 0 aliphatic rings. The molecule has 1 amide bonds. The summed E-state index contributed by atoms with van der Waals surface area (Å²) in [5.74, 6) is -0.541. The molecule has 0 aliphatic carbocycles. The van der Waals surface area contributed by atoms with Crippen LogP contribution in [0, 0.1) is 27.7 Å². The van der Waals surface area contributed by atoms with Crippen LogP contribution in [0.5, 0.6) is 5.75 Å². The van der Waals surface area contributed by atoms with Crippen molar-refractivity contribution in [2.45, 2.75) is 27.7 Å². The number of carbonyl (C=O) groups is 2. The topological polar surface area (TPSA) is 69.4 Å². The lowest BCUT2D eigenvalue weighted by atomic mass is 9.92. The van der Waals surface area contributed by atoms with Crippen LogP contribution in [0.25, 0.3) is 0 Å². The number of carbonyl (C=O) groups excluding carboxylic acids is 2. The van der Waals surface area contributed by atoms with Gasteiger partial charge in [0.25, 0.3) is 5.91 Å². The molecule has 0 atom stereocenters. The first-order valence-corrected chi connectivity index (χ1v) is 7.93. The number of benzene rings is 2. The highest BCUT2D eigenvalue weighted by atomic mass is 35.5. The molecule has 0 saturated heterocycles. The minimum atomic E-state index is -0.654. The molecule has 2 aromatic rings. The number of halogens is 1. The van der Waals surface area contributed by atoms with Crippen LogP contribution in [0.3, 0.4) is 0 Å². The third-order valence-electron chi connectivity index (χ3n) is 4.21. The fourth-order valence-corrected chi connectivity index (χ4v) is 2.84. The molecule has 0 heterocycles. The van der Waals surface area contributed by atoms with Gasteiger partial charge in [-0.05, 0) is 68.1 Å². The van der Waals surface area contributed by atoms with Gasteiger partial charge in [0.2, 0.25) is 5.78 Å². The first-order valence-electron chi connectivity index (χ1n) is 7.55. The van der Waals surface area contributed by atoms with E-state index >= 15 is 0 Å². The SMILES string of the molecule is Cc1cc(C)c(C)c(C(=O)COc2ccc(Cl)cc2C(N)=O)c1C. The van der Waals surface area contributed by atoms with E-state index in [-0.39, 0.29) is 23.7 Å². The zero-order valence-electron chi connectivity index (χ0n) is 14.2. The number of hydrogen-bond donors (Lipinski definition) is 1. The molecule has 0 bridgehead atoms. The van der Waals surface area contributed by atoms with Gasteiger partial charge in [-0.3, -0.25) is 9.59 Å². The standard InChI is InChI=1S/C19H20ClNO3/c1-10-7-11(2)13(4)18(12(10)3)16(22)9-24-17-6-5-14(20)8-15(17)19(21)23/h5-8H,9H2,1-4H3,(H2,21,23). The van der Waals surface area contributed by atoms with Crippen molar-refractivity contribution < 1.29 is 14.3 Å². The molecule has 0 saturated carbocycles. The van der Waals surface area contributed by atoms with Gasteiger partial charge in [-0.25, -0.2) is 0 Å². The third-order valence-corrected chi connectivity index (χ3v) is 4.45. The molecule has 4 nitrogen and oxygen atoms in total. The first-order chi connectivity index (χ1) is 11.2. The summed E-state index contributed by atoms with van der Waals surface area (Å²) in [6.07, 6.45) is 0. The number of ether oxygens (including phenoxy) is 1. The summed E-state index contributed by atoms with van der Waals surface area (Å²) in [6.45, 7) is 7.62. The van der Waals surface area contributed by atoms with Crippen LogP contribution in [-0.2, 0) is 0 Å². The minimum Gasteiger partial charge on any atom is -0.485 e. The molecule has 0 fully saturated rings. The molecular weight excluding hydrogens is 326 g/mol. The van der Waals surface area contributed by atoms with E-state index in [1.54, 1.807) is 6.07 Å². The zero-order chi connectivity index (χ0) is 18.0. The van der Waals surface area contributed by atoms with E-state index in [9.17, 15) is 9.59 Å². The summed E-state index contributed by atoms with van der Waals surface area (Å²) in [5, 5.41) is 0.378. The average molecular weight is 346 g/mol. The summed E-state index contributed by atoms with van der Waals surface area (Å²) in [6, 6.07) is 6.61. The van der Waals surface area contributed by atoms with Crippen molar-refractivity contribution in [3.05, 3.63) is 62.7 Å². The fourth-order valence-electron chi connectivity index (χ4n) is 2.67. The van der Waals surface area contributed by atoms with Crippen molar-refractivity contribution in [3.63, 3.8) is 0 Å². The van der Waals surface area contributed by atoms with Gasteiger partial charge in [0, 0.05) is 10.6 Å². The van der Waals surface area contributed by atoms with Gasteiger partial charge in [0.05, 0.1) is 5.56 Å². The molecule has 0 spiro atoms. The second-order valence-electron chi connectivity index (χ2n) is 5.85. The van der Waals surface area contributed by atoms with E-state index in [0.717, 1.165) is 22.3 Å². The summed E-state index contributed by atoms with van der Waals surface area (Å²) >= 11 is 5.87. The summed E-state index contributed by atoms with van der Waals surface area (Å²) in [4.78, 5) is 24.1. The number of rotatable bonds is 5. The highest BCUT2D eigenvalue weighted by Crippen LogP contribution is 2.25. The van der Waals surface area contributed by atoms with Crippen LogP contribution in [0.1, 0.15) is 43.0 Å². The second kappa shape index (κ2) is 7.05. The molecule has 0 radical (unpaired) electrons. The Labute approximate surface area is 146 Å². The van der Waals surface area contributed by atoms with Gasteiger partial charge in [-0.2, -0.15) is 0 Å². The highest BCUT2D eigenvalue weighted by molar-refractivity contribution is 6.31. The highest BCUT2D eigenvalue weighted by Gasteiger charge is 2.18. The number of aryl methyl sites for hydroxylation is 2. The number of nitrogens with two attached hydrogens (primary N) is 1. The van der Waals surface area contributed by atoms with Gasteiger partial charge in [-0.1, -0.05) is 17.7 Å². The predicted octanol–water partition coefficient (Wildman–Crippen LogP) is 3.93. The van der Waals surface area contributed by atoms with E-state index in [0.29, 0.717) is 10.6 Å². The maximum absolute atomic E-state index is 12.6. The lowest BCUT2D eigenvalue weighted by Crippen LogP contribution is -2.18. The predicted molar refractivity (Wildman–Crippen MR) is 95.2 cm³/mol. The summed E-state index contributed by atoms with van der Waals surface area (Å²) < 4.78 is 5.55. The van der Waals surface area contributed by atoms with E-state index in [4.69, 9.17) is 22.1 Å². The number of hydrogen-bond acceptors (Lipinski definition) is 3. The summed E-state index contributed by atoms with van der Waals surface area (Å²) in [7, 11) is 0. The van der Waals surface area contributed by atoms with Crippen molar-refractivity contribution in [2.75, 3.05) is 6.61 Å². The van der Waals surface area contributed by atoms with Crippen molar-refractivity contribution >= 4 is 23.3 Å². The molecule has 0 unspecified atom stereocenters. The lowest BCUT2D eigenvalue weighted by Gasteiger charge is -2.15. The van der Waals surface area contributed by atoms with E-state index in [1.807, 2.05) is 27.7 Å². The minimum absolute atomic E-state index is 0.137. The maximum atomic E-state index is 12.6. The largest absolute Gasteiger partial charge is 0.485 e. The van der Waals surface area contributed by atoms with Crippen molar-refractivity contribution in [2.24, 2.45) is 5.73 Å². The lowest BCUT2D eigenvalue weighted by molar-refractivity contribution is 0.0911. The molecular formula is C19H20ClNO3. The molecule has 5 heteroatoms. The Morgan fingerprint density at radius 1 is 1.04 bits per heavy atom. The van der Waals surface area contributed by atoms with Crippen LogP contribution >= 0.6 is 11.6 Å². The Hall–Kier alpha value is -2.33.